The molecule has 1 aliphatic heterocycles. The minimum Gasteiger partial charge on any atom is -0.335 e. The number of likely N-dealkylation sites (tertiary alicyclic amines) is 1. The SMILES string of the molecule is Cc1cn(CC(=O)N2CCC(=O)CC23CCC3)nc1C(F)(F)F. The van der Waals surface area contributed by atoms with E-state index in [-0.39, 0.29) is 23.8 Å². The Labute approximate surface area is 131 Å². The molecule has 3 rings (SSSR count). The van der Waals surface area contributed by atoms with E-state index in [9.17, 15) is 22.8 Å². The maximum atomic E-state index is 12.8. The Morgan fingerprint density at radius 1 is 1.39 bits per heavy atom. The zero-order valence-corrected chi connectivity index (χ0v) is 12.8. The van der Waals surface area contributed by atoms with E-state index in [1.165, 1.54) is 13.1 Å². The first-order valence-electron chi connectivity index (χ1n) is 7.65. The van der Waals surface area contributed by atoms with E-state index in [4.69, 9.17) is 0 Å². The third-order valence-electron chi connectivity index (χ3n) is 4.81. The Kier molecular flexibility index (Phi) is 3.72. The summed E-state index contributed by atoms with van der Waals surface area (Å²) in [7, 11) is 0. The van der Waals surface area contributed by atoms with Crippen molar-refractivity contribution in [3.05, 3.63) is 17.5 Å². The molecule has 126 valence electrons. The van der Waals surface area contributed by atoms with Crippen molar-refractivity contribution in [2.75, 3.05) is 6.54 Å². The van der Waals surface area contributed by atoms with E-state index < -0.39 is 17.4 Å². The lowest BCUT2D eigenvalue weighted by Crippen LogP contribution is -2.61. The Bertz CT molecular complexity index is 647. The molecule has 5 nitrogen and oxygen atoms in total. The molecule has 1 aliphatic carbocycles. The van der Waals surface area contributed by atoms with Gasteiger partial charge in [-0.2, -0.15) is 18.3 Å². The zero-order chi connectivity index (χ0) is 16.8. The molecule has 0 aromatic carbocycles. The van der Waals surface area contributed by atoms with Gasteiger partial charge >= 0.3 is 6.18 Å². The summed E-state index contributed by atoms with van der Waals surface area (Å²) in [6.45, 7) is 1.45. The van der Waals surface area contributed by atoms with Gasteiger partial charge in [-0.05, 0) is 31.7 Å². The summed E-state index contributed by atoms with van der Waals surface area (Å²) >= 11 is 0. The summed E-state index contributed by atoms with van der Waals surface area (Å²) in [4.78, 5) is 25.9. The lowest BCUT2D eigenvalue weighted by atomic mass is 9.69. The Balaban J connectivity index is 1.75. The largest absolute Gasteiger partial charge is 0.435 e. The van der Waals surface area contributed by atoms with E-state index in [1.807, 2.05) is 0 Å². The van der Waals surface area contributed by atoms with Crippen molar-refractivity contribution in [3.8, 4) is 0 Å². The number of aryl methyl sites for hydroxylation is 1. The number of halogens is 3. The van der Waals surface area contributed by atoms with E-state index in [2.05, 4.69) is 5.10 Å². The summed E-state index contributed by atoms with van der Waals surface area (Å²) in [6.07, 6.45) is -0.0541. The number of rotatable bonds is 2. The predicted molar refractivity (Wildman–Crippen MR) is 74.5 cm³/mol. The van der Waals surface area contributed by atoms with Crippen LogP contribution in [-0.2, 0) is 22.3 Å². The molecule has 0 bridgehead atoms. The molecule has 1 aromatic heterocycles. The number of nitrogens with zero attached hydrogens (tertiary/aromatic N) is 3. The fraction of sp³-hybridized carbons (Fsp3) is 0.667. The minimum absolute atomic E-state index is 0.00233. The molecular formula is C15H18F3N3O2. The monoisotopic (exact) mass is 329 g/mol. The van der Waals surface area contributed by atoms with E-state index in [0.29, 0.717) is 19.4 Å². The number of hydrogen-bond donors (Lipinski definition) is 0. The van der Waals surface area contributed by atoms with Gasteiger partial charge in [0.05, 0.1) is 0 Å². The molecule has 1 spiro atoms. The van der Waals surface area contributed by atoms with Crippen LogP contribution in [0.4, 0.5) is 13.2 Å². The fourth-order valence-electron chi connectivity index (χ4n) is 3.55. The zero-order valence-electron chi connectivity index (χ0n) is 12.8. The minimum atomic E-state index is -4.52. The predicted octanol–water partition coefficient (Wildman–Crippen LogP) is 2.32. The molecule has 8 heteroatoms. The van der Waals surface area contributed by atoms with E-state index >= 15 is 0 Å². The number of piperidine rings is 1. The van der Waals surface area contributed by atoms with Crippen molar-refractivity contribution < 1.29 is 22.8 Å². The number of amides is 1. The van der Waals surface area contributed by atoms with Crippen molar-refractivity contribution in [1.29, 1.82) is 0 Å². The molecule has 0 N–H and O–H groups in total. The highest BCUT2D eigenvalue weighted by atomic mass is 19.4. The quantitative estimate of drug-likeness (QED) is 0.837. The van der Waals surface area contributed by atoms with Gasteiger partial charge in [0.15, 0.2) is 5.69 Å². The third kappa shape index (κ3) is 2.86. The Hall–Kier alpha value is -1.86. The van der Waals surface area contributed by atoms with Crippen LogP contribution in [-0.4, -0.2) is 38.5 Å². The highest BCUT2D eigenvalue weighted by Crippen LogP contribution is 2.43. The smallest absolute Gasteiger partial charge is 0.335 e. The van der Waals surface area contributed by atoms with Crippen LogP contribution >= 0.6 is 0 Å². The standard InChI is InChI=1S/C15H18F3N3O2/c1-10-8-20(19-13(10)15(16,17)18)9-12(23)21-6-3-11(22)7-14(21)4-2-5-14/h8H,2-7,9H2,1H3. The molecular weight excluding hydrogens is 311 g/mol. The van der Waals surface area contributed by atoms with Crippen molar-refractivity contribution in [3.63, 3.8) is 0 Å². The van der Waals surface area contributed by atoms with Crippen molar-refractivity contribution >= 4 is 11.7 Å². The van der Waals surface area contributed by atoms with Gasteiger partial charge in [0, 0.05) is 31.1 Å². The second-order valence-corrected chi connectivity index (χ2v) is 6.44. The number of alkyl halides is 3. The average Bonchev–Trinajstić information content (AvgIpc) is 2.77. The van der Waals surface area contributed by atoms with Crippen LogP contribution in [0.25, 0.3) is 0 Å². The van der Waals surface area contributed by atoms with Crippen molar-refractivity contribution in [2.24, 2.45) is 0 Å². The molecule has 1 saturated heterocycles. The van der Waals surface area contributed by atoms with Gasteiger partial charge < -0.3 is 4.90 Å². The van der Waals surface area contributed by atoms with Crippen LogP contribution in [0, 0.1) is 6.92 Å². The highest BCUT2D eigenvalue weighted by Gasteiger charge is 2.48. The maximum Gasteiger partial charge on any atom is 0.435 e. The summed E-state index contributed by atoms with van der Waals surface area (Å²) in [5.74, 6) is -0.114. The summed E-state index contributed by atoms with van der Waals surface area (Å²) in [5.41, 5.74) is -1.36. The van der Waals surface area contributed by atoms with Gasteiger partial charge in [-0.15, -0.1) is 0 Å². The van der Waals surface area contributed by atoms with E-state index in [1.54, 1.807) is 4.90 Å². The third-order valence-corrected chi connectivity index (χ3v) is 4.81. The topological polar surface area (TPSA) is 55.2 Å². The molecule has 2 aliphatic rings. The van der Waals surface area contributed by atoms with Crippen LogP contribution in [0.2, 0.25) is 0 Å². The van der Waals surface area contributed by atoms with Gasteiger partial charge in [0.1, 0.15) is 12.3 Å². The number of carbonyl (C=O) groups excluding carboxylic acids is 2. The van der Waals surface area contributed by atoms with Gasteiger partial charge in [0.2, 0.25) is 5.91 Å². The fourth-order valence-corrected chi connectivity index (χ4v) is 3.55. The Morgan fingerprint density at radius 3 is 2.61 bits per heavy atom. The molecule has 0 atom stereocenters. The Morgan fingerprint density at radius 2 is 2.09 bits per heavy atom. The summed E-state index contributed by atoms with van der Waals surface area (Å²) in [6, 6.07) is 0. The number of aromatic nitrogens is 2. The first-order chi connectivity index (χ1) is 10.7. The van der Waals surface area contributed by atoms with Crippen molar-refractivity contribution in [2.45, 2.75) is 57.3 Å². The van der Waals surface area contributed by atoms with Crippen LogP contribution in [0.1, 0.15) is 43.4 Å². The second kappa shape index (κ2) is 5.35. The summed E-state index contributed by atoms with van der Waals surface area (Å²) < 4.78 is 39.4. The molecule has 0 unspecified atom stereocenters. The average molecular weight is 329 g/mol. The van der Waals surface area contributed by atoms with Crippen LogP contribution < -0.4 is 0 Å². The molecule has 1 amide bonds. The number of Topliss-reactive ketones (excluding diaryl/α,β-unsaturated/α-hetero) is 1. The van der Waals surface area contributed by atoms with Crippen LogP contribution in [0.3, 0.4) is 0 Å². The molecule has 23 heavy (non-hydrogen) atoms. The number of carbonyl (C=O) groups is 2. The van der Waals surface area contributed by atoms with Gasteiger partial charge in [-0.3, -0.25) is 14.3 Å². The molecule has 2 fully saturated rings. The number of hydrogen-bond acceptors (Lipinski definition) is 3. The van der Waals surface area contributed by atoms with Gasteiger partial charge in [0.25, 0.3) is 0 Å². The first kappa shape index (κ1) is 16.0. The summed E-state index contributed by atoms with van der Waals surface area (Å²) in [5, 5.41) is 3.50. The molecule has 0 radical (unpaired) electrons. The lowest BCUT2D eigenvalue weighted by Gasteiger charge is -2.52. The normalized spacial score (nSPS) is 20.7. The second-order valence-electron chi connectivity index (χ2n) is 6.44. The molecule has 2 heterocycles. The molecule has 1 saturated carbocycles. The van der Waals surface area contributed by atoms with Crippen molar-refractivity contribution in [1.82, 2.24) is 14.7 Å². The van der Waals surface area contributed by atoms with Gasteiger partial charge in [-0.1, -0.05) is 0 Å². The lowest BCUT2D eigenvalue weighted by molar-refractivity contribution is -0.151. The van der Waals surface area contributed by atoms with Crippen LogP contribution in [0.15, 0.2) is 6.20 Å². The van der Waals surface area contributed by atoms with E-state index in [0.717, 1.165) is 23.9 Å². The molecule has 1 aromatic rings. The highest BCUT2D eigenvalue weighted by molar-refractivity contribution is 5.85. The van der Waals surface area contributed by atoms with Gasteiger partial charge in [-0.25, -0.2) is 0 Å². The number of ketones is 1. The maximum absolute atomic E-state index is 12.8. The van der Waals surface area contributed by atoms with Crippen LogP contribution in [0.5, 0.6) is 0 Å². The first-order valence-corrected chi connectivity index (χ1v) is 7.65.